The highest BCUT2D eigenvalue weighted by atomic mass is 16.1. The number of hydrogen-bond acceptors (Lipinski definition) is 4. The average Bonchev–Trinajstić information content (AvgIpc) is 2.25. The summed E-state index contributed by atoms with van der Waals surface area (Å²) in [6.45, 7) is 2.64. The molecular formula is C9H14N4O. The summed E-state index contributed by atoms with van der Waals surface area (Å²) in [5, 5.41) is 2.75. The topological polar surface area (TPSA) is 80.0 Å². The summed E-state index contributed by atoms with van der Waals surface area (Å²) in [5.74, 6) is 5.46. The number of anilines is 1. The van der Waals surface area contributed by atoms with Gasteiger partial charge in [0.1, 0.15) is 0 Å². The van der Waals surface area contributed by atoms with Gasteiger partial charge in [0.15, 0.2) is 5.82 Å². The minimum atomic E-state index is -0.159. The molecule has 1 amide bonds. The number of pyridine rings is 1. The van der Waals surface area contributed by atoms with Crippen molar-refractivity contribution in [1.29, 1.82) is 0 Å². The van der Waals surface area contributed by atoms with Crippen molar-refractivity contribution >= 4 is 11.7 Å². The van der Waals surface area contributed by atoms with E-state index >= 15 is 0 Å². The van der Waals surface area contributed by atoms with Crippen LogP contribution in [0.25, 0.3) is 0 Å². The van der Waals surface area contributed by atoms with Crippen molar-refractivity contribution in [3.63, 3.8) is 0 Å². The minimum Gasteiger partial charge on any atom is -0.352 e. The van der Waals surface area contributed by atoms with Gasteiger partial charge in [-0.15, -0.1) is 0 Å². The Morgan fingerprint density at radius 2 is 2.43 bits per heavy atom. The molecule has 0 aromatic carbocycles. The van der Waals surface area contributed by atoms with Gasteiger partial charge >= 0.3 is 0 Å². The zero-order chi connectivity index (χ0) is 10.4. The summed E-state index contributed by atoms with van der Waals surface area (Å²) < 4.78 is 0. The van der Waals surface area contributed by atoms with Crippen LogP contribution in [0.4, 0.5) is 5.82 Å². The summed E-state index contributed by atoms with van der Waals surface area (Å²) >= 11 is 0. The van der Waals surface area contributed by atoms with Gasteiger partial charge < -0.3 is 10.7 Å². The number of hydrogen-bond donors (Lipinski definition) is 3. The van der Waals surface area contributed by atoms with Crippen molar-refractivity contribution < 1.29 is 4.79 Å². The second-order valence-electron chi connectivity index (χ2n) is 2.80. The molecule has 0 aliphatic carbocycles. The van der Waals surface area contributed by atoms with Crippen molar-refractivity contribution in [1.82, 2.24) is 10.3 Å². The van der Waals surface area contributed by atoms with Crippen LogP contribution in [-0.4, -0.2) is 17.4 Å². The third-order valence-corrected chi connectivity index (χ3v) is 1.72. The predicted octanol–water partition coefficient (Wildman–Crippen LogP) is 0.507. The highest BCUT2D eigenvalue weighted by molar-refractivity contribution is 5.98. The van der Waals surface area contributed by atoms with Crippen molar-refractivity contribution in [3.05, 3.63) is 23.9 Å². The molecule has 1 aromatic rings. The van der Waals surface area contributed by atoms with Crippen LogP contribution in [0.5, 0.6) is 0 Å². The maximum absolute atomic E-state index is 11.5. The Morgan fingerprint density at radius 1 is 1.64 bits per heavy atom. The Hall–Kier alpha value is -1.62. The molecule has 0 saturated carbocycles. The number of aromatic nitrogens is 1. The number of nitrogens with two attached hydrogens (primary N) is 1. The molecule has 0 unspecified atom stereocenters. The molecular weight excluding hydrogens is 180 g/mol. The van der Waals surface area contributed by atoms with Gasteiger partial charge in [-0.2, -0.15) is 0 Å². The van der Waals surface area contributed by atoms with Gasteiger partial charge in [0.25, 0.3) is 5.91 Å². The van der Waals surface area contributed by atoms with Crippen molar-refractivity contribution in [2.24, 2.45) is 5.84 Å². The van der Waals surface area contributed by atoms with Gasteiger partial charge in [-0.05, 0) is 18.6 Å². The van der Waals surface area contributed by atoms with E-state index in [2.05, 4.69) is 15.7 Å². The van der Waals surface area contributed by atoms with Crippen molar-refractivity contribution in [3.8, 4) is 0 Å². The normalized spacial score (nSPS) is 9.57. The molecule has 5 nitrogen and oxygen atoms in total. The number of rotatable bonds is 4. The maximum atomic E-state index is 11.5. The predicted molar refractivity (Wildman–Crippen MR) is 54.7 cm³/mol. The molecule has 0 aliphatic heterocycles. The number of nitrogen functional groups attached to an aromatic ring is 1. The van der Waals surface area contributed by atoms with Crippen molar-refractivity contribution in [2.75, 3.05) is 12.0 Å². The number of nitrogens with zero attached hydrogens (tertiary/aromatic N) is 1. The highest BCUT2D eigenvalue weighted by Gasteiger charge is 2.09. The van der Waals surface area contributed by atoms with E-state index in [1.807, 2.05) is 6.92 Å². The maximum Gasteiger partial charge on any atom is 0.255 e. The number of hydrazine groups is 1. The standard InChI is InChI=1S/C9H14N4O/c1-2-5-12-9(14)7-4-3-6-11-8(7)13-10/h3-4,6H,2,5,10H2,1H3,(H,11,13)(H,12,14). The highest BCUT2D eigenvalue weighted by Crippen LogP contribution is 2.08. The van der Waals surface area contributed by atoms with Crippen LogP contribution in [0.2, 0.25) is 0 Å². The second kappa shape index (κ2) is 5.18. The third kappa shape index (κ3) is 2.43. The third-order valence-electron chi connectivity index (χ3n) is 1.72. The quantitative estimate of drug-likeness (QED) is 0.482. The molecule has 5 heteroatoms. The summed E-state index contributed by atoms with van der Waals surface area (Å²) in [6.07, 6.45) is 2.48. The zero-order valence-electron chi connectivity index (χ0n) is 8.08. The fourth-order valence-electron chi connectivity index (χ4n) is 1.04. The van der Waals surface area contributed by atoms with Crippen LogP contribution in [0, 0.1) is 0 Å². The molecule has 1 heterocycles. The molecule has 76 valence electrons. The van der Waals surface area contributed by atoms with E-state index in [9.17, 15) is 4.79 Å². The molecule has 14 heavy (non-hydrogen) atoms. The second-order valence-corrected chi connectivity index (χ2v) is 2.80. The Kier molecular flexibility index (Phi) is 3.87. The molecule has 0 fully saturated rings. The molecule has 0 radical (unpaired) electrons. The number of carbonyl (C=O) groups excluding carboxylic acids is 1. The number of amides is 1. The summed E-state index contributed by atoms with van der Waals surface area (Å²) in [5.41, 5.74) is 2.84. The molecule has 1 aromatic heterocycles. The largest absolute Gasteiger partial charge is 0.352 e. The lowest BCUT2D eigenvalue weighted by atomic mass is 10.2. The lowest BCUT2D eigenvalue weighted by Gasteiger charge is -2.07. The average molecular weight is 194 g/mol. The first-order valence-electron chi connectivity index (χ1n) is 4.49. The smallest absolute Gasteiger partial charge is 0.255 e. The Morgan fingerprint density at radius 3 is 3.07 bits per heavy atom. The van der Waals surface area contributed by atoms with Gasteiger partial charge in [0.05, 0.1) is 5.56 Å². The summed E-state index contributed by atoms with van der Waals surface area (Å²) in [4.78, 5) is 15.5. The van der Waals surface area contributed by atoms with Crippen LogP contribution in [0.3, 0.4) is 0 Å². The van der Waals surface area contributed by atoms with Gasteiger partial charge in [0, 0.05) is 12.7 Å². The van der Waals surface area contributed by atoms with Gasteiger partial charge in [-0.25, -0.2) is 10.8 Å². The van der Waals surface area contributed by atoms with E-state index in [-0.39, 0.29) is 5.91 Å². The van der Waals surface area contributed by atoms with Crippen LogP contribution in [-0.2, 0) is 0 Å². The van der Waals surface area contributed by atoms with Crippen LogP contribution < -0.4 is 16.6 Å². The van der Waals surface area contributed by atoms with Gasteiger partial charge in [0.2, 0.25) is 0 Å². The molecule has 0 atom stereocenters. The lowest BCUT2D eigenvalue weighted by Crippen LogP contribution is -2.26. The molecule has 1 rings (SSSR count). The van der Waals surface area contributed by atoms with Gasteiger partial charge in [-0.3, -0.25) is 4.79 Å². The summed E-state index contributed by atoms with van der Waals surface area (Å²) in [6, 6.07) is 3.37. The van der Waals surface area contributed by atoms with Crippen LogP contribution in [0.1, 0.15) is 23.7 Å². The fraction of sp³-hybridized carbons (Fsp3) is 0.333. The minimum absolute atomic E-state index is 0.159. The Labute approximate surface area is 82.7 Å². The molecule has 0 aliphatic rings. The molecule has 0 spiro atoms. The van der Waals surface area contributed by atoms with Gasteiger partial charge in [-0.1, -0.05) is 6.92 Å². The first-order valence-corrected chi connectivity index (χ1v) is 4.49. The monoisotopic (exact) mass is 194 g/mol. The molecule has 4 N–H and O–H groups in total. The Bertz CT molecular complexity index is 313. The number of nitrogens with one attached hydrogen (secondary N) is 2. The summed E-state index contributed by atoms with van der Waals surface area (Å²) in [7, 11) is 0. The number of carbonyl (C=O) groups is 1. The van der Waals surface area contributed by atoms with Crippen LogP contribution in [0.15, 0.2) is 18.3 Å². The first-order chi connectivity index (χ1) is 6.79. The van der Waals surface area contributed by atoms with E-state index in [1.165, 1.54) is 0 Å². The van der Waals surface area contributed by atoms with Crippen LogP contribution >= 0.6 is 0 Å². The van der Waals surface area contributed by atoms with E-state index in [1.54, 1.807) is 18.3 Å². The SMILES string of the molecule is CCCNC(=O)c1cccnc1NN. The zero-order valence-corrected chi connectivity index (χ0v) is 8.08. The Balaban J connectivity index is 2.78. The first kappa shape index (κ1) is 10.5. The van der Waals surface area contributed by atoms with E-state index in [0.29, 0.717) is 17.9 Å². The van der Waals surface area contributed by atoms with E-state index in [4.69, 9.17) is 5.84 Å². The van der Waals surface area contributed by atoms with E-state index < -0.39 is 0 Å². The molecule has 0 bridgehead atoms. The van der Waals surface area contributed by atoms with E-state index in [0.717, 1.165) is 6.42 Å². The lowest BCUT2D eigenvalue weighted by molar-refractivity contribution is 0.0954. The fourth-order valence-corrected chi connectivity index (χ4v) is 1.04. The molecule has 0 saturated heterocycles. The van der Waals surface area contributed by atoms with Crippen molar-refractivity contribution in [2.45, 2.75) is 13.3 Å².